The first-order chi connectivity index (χ1) is 9.47. The molecule has 2 rings (SSSR count). The van der Waals surface area contributed by atoms with Crippen molar-refractivity contribution in [2.45, 2.75) is 51.7 Å². The van der Waals surface area contributed by atoms with Gasteiger partial charge in [-0.3, -0.25) is 0 Å². The molecule has 1 N–H and O–H groups in total. The molecule has 0 spiro atoms. The summed E-state index contributed by atoms with van der Waals surface area (Å²) in [6, 6.07) is 6.33. The van der Waals surface area contributed by atoms with Crippen molar-refractivity contribution >= 4 is 11.6 Å². The second-order valence-corrected chi connectivity index (χ2v) is 6.37. The summed E-state index contributed by atoms with van der Waals surface area (Å²) in [6.07, 6.45) is 2.33. The van der Waals surface area contributed by atoms with E-state index in [-0.39, 0.29) is 16.9 Å². The molecule has 2 nitrogen and oxygen atoms in total. The maximum absolute atomic E-state index is 13.2. The normalized spacial score (nSPS) is 19.5. The molecule has 1 aromatic carbocycles. The van der Waals surface area contributed by atoms with Crippen LogP contribution < -0.4 is 5.32 Å². The molecule has 1 atom stereocenters. The van der Waals surface area contributed by atoms with Crippen LogP contribution in [0.5, 0.6) is 0 Å². The van der Waals surface area contributed by atoms with E-state index in [4.69, 9.17) is 11.6 Å². The van der Waals surface area contributed by atoms with E-state index in [0.717, 1.165) is 31.5 Å². The topological polar surface area (TPSA) is 15.3 Å². The molecule has 1 fully saturated rings. The Hall–Kier alpha value is -0.640. The fraction of sp³-hybridized carbons (Fsp3) is 0.625. The Morgan fingerprint density at radius 1 is 1.25 bits per heavy atom. The van der Waals surface area contributed by atoms with E-state index in [1.807, 2.05) is 6.07 Å². The minimum Gasteiger partial charge on any atom is -0.307 e. The standard InChI is InChI=1S/C16H24ClFN2/c1-11(2)20-8-6-14(7-9-20)19-12(3)13-4-5-16(18)15(17)10-13/h4-5,10-12,14,19H,6-9H2,1-3H3. The Labute approximate surface area is 126 Å². The lowest BCUT2D eigenvalue weighted by Crippen LogP contribution is -2.45. The van der Waals surface area contributed by atoms with Crippen LogP contribution in [0.3, 0.4) is 0 Å². The number of benzene rings is 1. The van der Waals surface area contributed by atoms with Gasteiger partial charge in [0.05, 0.1) is 5.02 Å². The van der Waals surface area contributed by atoms with E-state index in [9.17, 15) is 4.39 Å². The zero-order valence-corrected chi connectivity index (χ0v) is 13.3. The van der Waals surface area contributed by atoms with Gasteiger partial charge in [0.15, 0.2) is 0 Å². The first kappa shape index (κ1) is 15.7. The molecule has 4 heteroatoms. The first-order valence-electron chi connectivity index (χ1n) is 7.42. The highest BCUT2D eigenvalue weighted by molar-refractivity contribution is 6.30. The highest BCUT2D eigenvalue weighted by Gasteiger charge is 2.22. The molecule has 1 saturated heterocycles. The quantitative estimate of drug-likeness (QED) is 0.904. The Kier molecular flexibility index (Phi) is 5.42. The van der Waals surface area contributed by atoms with Gasteiger partial charge < -0.3 is 10.2 Å². The predicted molar refractivity (Wildman–Crippen MR) is 82.7 cm³/mol. The maximum Gasteiger partial charge on any atom is 0.141 e. The molecule has 0 aliphatic carbocycles. The van der Waals surface area contributed by atoms with Crippen molar-refractivity contribution in [1.29, 1.82) is 0 Å². The molecule has 112 valence electrons. The second-order valence-electron chi connectivity index (χ2n) is 5.97. The van der Waals surface area contributed by atoms with Gasteiger partial charge in [-0.15, -0.1) is 0 Å². The summed E-state index contributed by atoms with van der Waals surface area (Å²) in [5, 5.41) is 3.83. The van der Waals surface area contributed by atoms with Crippen LogP contribution >= 0.6 is 11.6 Å². The zero-order chi connectivity index (χ0) is 14.7. The van der Waals surface area contributed by atoms with E-state index in [1.165, 1.54) is 6.07 Å². The smallest absolute Gasteiger partial charge is 0.141 e. The summed E-state index contributed by atoms with van der Waals surface area (Å²) < 4.78 is 13.2. The van der Waals surface area contributed by atoms with Gasteiger partial charge in [-0.05, 0) is 64.4 Å². The molecule has 0 aromatic heterocycles. The molecule has 0 saturated carbocycles. The third-order valence-electron chi connectivity index (χ3n) is 4.19. The van der Waals surface area contributed by atoms with Crippen molar-refractivity contribution in [2.75, 3.05) is 13.1 Å². The third-order valence-corrected chi connectivity index (χ3v) is 4.48. The zero-order valence-electron chi connectivity index (χ0n) is 12.5. The SMILES string of the molecule is CC(NC1CCN(C(C)C)CC1)c1ccc(F)c(Cl)c1. The fourth-order valence-electron chi connectivity index (χ4n) is 2.81. The number of hydrogen-bond acceptors (Lipinski definition) is 2. The maximum atomic E-state index is 13.2. The molecule has 1 aliphatic heterocycles. The summed E-state index contributed by atoms with van der Waals surface area (Å²) >= 11 is 5.85. The van der Waals surface area contributed by atoms with Crippen LogP contribution in [0.1, 0.15) is 45.2 Å². The molecule has 1 unspecified atom stereocenters. The minimum atomic E-state index is -0.354. The Bertz CT molecular complexity index is 442. The third kappa shape index (κ3) is 3.94. The van der Waals surface area contributed by atoms with Crippen LogP contribution in [0, 0.1) is 5.82 Å². The van der Waals surface area contributed by atoms with E-state index in [1.54, 1.807) is 6.07 Å². The van der Waals surface area contributed by atoms with Gasteiger partial charge in [-0.25, -0.2) is 4.39 Å². The average Bonchev–Trinajstić information content (AvgIpc) is 2.42. The molecule has 1 aliphatic rings. The minimum absolute atomic E-state index is 0.198. The van der Waals surface area contributed by atoms with Gasteiger partial charge in [0.2, 0.25) is 0 Å². The van der Waals surface area contributed by atoms with Crippen LogP contribution in [0.15, 0.2) is 18.2 Å². The van der Waals surface area contributed by atoms with Gasteiger partial charge in [0.1, 0.15) is 5.82 Å². The molecule has 0 bridgehead atoms. The van der Waals surface area contributed by atoms with Gasteiger partial charge in [0, 0.05) is 18.1 Å². The summed E-state index contributed by atoms with van der Waals surface area (Å²) in [6.45, 7) is 8.89. The van der Waals surface area contributed by atoms with Crippen molar-refractivity contribution in [2.24, 2.45) is 0 Å². The van der Waals surface area contributed by atoms with Crippen molar-refractivity contribution in [3.63, 3.8) is 0 Å². The van der Waals surface area contributed by atoms with Crippen molar-refractivity contribution < 1.29 is 4.39 Å². The molecule has 0 amide bonds. The monoisotopic (exact) mass is 298 g/mol. The lowest BCUT2D eigenvalue weighted by Gasteiger charge is -2.36. The van der Waals surface area contributed by atoms with Gasteiger partial charge in [0.25, 0.3) is 0 Å². The van der Waals surface area contributed by atoms with Crippen LogP contribution in [0.4, 0.5) is 4.39 Å². The molecule has 1 aromatic rings. The highest BCUT2D eigenvalue weighted by atomic mass is 35.5. The Morgan fingerprint density at radius 2 is 1.90 bits per heavy atom. The number of hydrogen-bond donors (Lipinski definition) is 1. The van der Waals surface area contributed by atoms with Crippen molar-refractivity contribution in [3.05, 3.63) is 34.6 Å². The number of nitrogens with one attached hydrogen (secondary N) is 1. The van der Waals surface area contributed by atoms with Gasteiger partial charge >= 0.3 is 0 Å². The average molecular weight is 299 g/mol. The number of piperidine rings is 1. The number of likely N-dealkylation sites (tertiary alicyclic amines) is 1. The molecular weight excluding hydrogens is 275 g/mol. The van der Waals surface area contributed by atoms with E-state index in [2.05, 4.69) is 31.0 Å². The van der Waals surface area contributed by atoms with E-state index < -0.39 is 0 Å². The molecule has 0 radical (unpaired) electrons. The molecule has 20 heavy (non-hydrogen) atoms. The van der Waals surface area contributed by atoms with Crippen LogP contribution in [-0.4, -0.2) is 30.1 Å². The fourth-order valence-corrected chi connectivity index (χ4v) is 3.00. The summed E-state index contributed by atoms with van der Waals surface area (Å²) in [5.74, 6) is -0.354. The van der Waals surface area contributed by atoms with Crippen LogP contribution in [-0.2, 0) is 0 Å². The summed E-state index contributed by atoms with van der Waals surface area (Å²) in [5.41, 5.74) is 1.04. The summed E-state index contributed by atoms with van der Waals surface area (Å²) in [7, 11) is 0. The number of rotatable bonds is 4. The number of nitrogens with zero attached hydrogens (tertiary/aromatic N) is 1. The lowest BCUT2D eigenvalue weighted by atomic mass is 10.0. The second kappa shape index (κ2) is 6.88. The lowest BCUT2D eigenvalue weighted by molar-refractivity contribution is 0.157. The predicted octanol–water partition coefficient (Wildman–Crippen LogP) is 4.00. The van der Waals surface area contributed by atoms with E-state index >= 15 is 0 Å². The Balaban J connectivity index is 1.89. The molecular formula is C16H24ClFN2. The van der Waals surface area contributed by atoms with E-state index in [0.29, 0.717) is 12.1 Å². The van der Waals surface area contributed by atoms with Crippen molar-refractivity contribution in [1.82, 2.24) is 10.2 Å². The number of halogens is 2. The molecule has 1 heterocycles. The first-order valence-corrected chi connectivity index (χ1v) is 7.80. The van der Waals surface area contributed by atoms with Crippen LogP contribution in [0.2, 0.25) is 5.02 Å². The van der Waals surface area contributed by atoms with Crippen LogP contribution in [0.25, 0.3) is 0 Å². The van der Waals surface area contributed by atoms with Crippen molar-refractivity contribution in [3.8, 4) is 0 Å². The highest BCUT2D eigenvalue weighted by Crippen LogP contribution is 2.22. The van der Waals surface area contributed by atoms with Gasteiger partial charge in [-0.1, -0.05) is 17.7 Å². The Morgan fingerprint density at radius 3 is 2.45 bits per heavy atom. The summed E-state index contributed by atoms with van der Waals surface area (Å²) in [4.78, 5) is 2.51. The largest absolute Gasteiger partial charge is 0.307 e. The van der Waals surface area contributed by atoms with Gasteiger partial charge in [-0.2, -0.15) is 0 Å².